The summed E-state index contributed by atoms with van der Waals surface area (Å²) in [6, 6.07) is 3.49. The molecule has 1 aliphatic heterocycles. The molecule has 0 spiro atoms. The number of piperidine rings is 1. The van der Waals surface area contributed by atoms with Crippen LogP contribution in [-0.4, -0.2) is 59.6 Å². The molecule has 1 aromatic carbocycles. The molecule has 158 valence electrons. The van der Waals surface area contributed by atoms with E-state index in [1.54, 1.807) is 0 Å². The van der Waals surface area contributed by atoms with E-state index in [4.69, 9.17) is 0 Å². The van der Waals surface area contributed by atoms with Gasteiger partial charge in [-0.1, -0.05) is 5.21 Å². The summed E-state index contributed by atoms with van der Waals surface area (Å²) in [5, 5.41) is 6.87. The summed E-state index contributed by atoms with van der Waals surface area (Å²) in [6.07, 6.45) is -3.13. The summed E-state index contributed by atoms with van der Waals surface area (Å²) in [4.78, 5) is 13.9. The number of carbonyl (C=O) groups excluding carboxylic acids is 1. The Kier molecular flexibility index (Phi) is 5.63. The smallest absolute Gasteiger partial charge is 0.336 e. The maximum Gasteiger partial charge on any atom is 0.435 e. The number of hydrogen-bond donors (Lipinski definition) is 1. The van der Waals surface area contributed by atoms with Gasteiger partial charge in [0.2, 0.25) is 10.0 Å². The highest BCUT2D eigenvalue weighted by Crippen LogP contribution is 2.33. The third-order valence-electron chi connectivity index (χ3n) is 4.30. The summed E-state index contributed by atoms with van der Waals surface area (Å²) in [5.74, 6) is -1.65. The van der Waals surface area contributed by atoms with Crippen LogP contribution in [0, 0.1) is 5.82 Å². The predicted molar refractivity (Wildman–Crippen MR) is 93.2 cm³/mol. The van der Waals surface area contributed by atoms with E-state index in [0.29, 0.717) is 17.5 Å². The lowest BCUT2D eigenvalue weighted by Gasteiger charge is -2.32. The fraction of sp³-hybridized carbons (Fsp3) is 0.438. The van der Waals surface area contributed by atoms with Crippen LogP contribution < -0.4 is 4.72 Å². The molecule has 0 saturated carbocycles. The number of nitrogens with one attached hydrogen (secondary N) is 1. The first-order valence-corrected chi connectivity index (χ1v) is 10.4. The van der Waals surface area contributed by atoms with Crippen LogP contribution in [0.4, 0.5) is 17.6 Å². The number of benzene rings is 1. The van der Waals surface area contributed by atoms with Crippen LogP contribution in [0.15, 0.2) is 24.3 Å². The van der Waals surface area contributed by atoms with E-state index in [2.05, 4.69) is 15.0 Å². The highest BCUT2D eigenvalue weighted by Gasteiger charge is 2.43. The van der Waals surface area contributed by atoms with Crippen molar-refractivity contribution >= 4 is 15.9 Å². The first-order valence-electron chi connectivity index (χ1n) is 8.51. The van der Waals surface area contributed by atoms with E-state index < -0.39 is 45.4 Å². The van der Waals surface area contributed by atoms with Crippen LogP contribution >= 0.6 is 0 Å². The van der Waals surface area contributed by atoms with Crippen LogP contribution in [-0.2, 0) is 16.2 Å². The van der Waals surface area contributed by atoms with Gasteiger partial charge in [0.05, 0.1) is 11.9 Å². The molecule has 1 fully saturated rings. The molecule has 0 aliphatic carbocycles. The molecule has 1 atom stereocenters. The van der Waals surface area contributed by atoms with E-state index >= 15 is 0 Å². The van der Waals surface area contributed by atoms with E-state index in [1.807, 2.05) is 0 Å². The number of halogens is 4. The number of rotatable bonds is 4. The second-order valence-electron chi connectivity index (χ2n) is 6.65. The Hall–Kier alpha value is -2.54. The van der Waals surface area contributed by atoms with Crippen molar-refractivity contribution in [3.05, 3.63) is 41.5 Å². The molecule has 1 N–H and O–H groups in total. The van der Waals surface area contributed by atoms with Gasteiger partial charge in [0, 0.05) is 19.1 Å². The molecule has 3 rings (SSSR count). The number of aromatic nitrogens is 3. The average Bonchev–Trinajstić information content (AvgIpc) is 3.06. The minimum absolute atomic E-state index is 0.0907. The van der Waals surface area contributed by atoms with Crippen molar-refractivity contribution in [2.24, 2.45) is 0 Å². The maximum atomic E-state index is 13.7. The van der Waals surface area contributed by atoms with E-state index in [-0.39, 0.29) is 18.8 Å². The van der Waals surface area contributed by atoms with Gasteiger partial charge in [0.1, 0.15) is 5.82 Å². The van der Waals surface area contributed by atoms with E-state index in [1.165, 1.54) is 0 Å². The predicted octanol–water partition coefficient (Wildman–Crippen LogP) is 1.58. The van der Waals surface area contributed by atoms with Gasteiger partial charge in [-0.25, -0.2) is 22.2 Å². The molecule has 0 radical (unpaired) electrons. The number of likely N-dealkylation sites (tertiary alicyclic amines) is 1. The number of alkyl halides is 3. The molecular formula is C16H17F4N5O3S. The van der Waals surface area contributed by atoms with Gasteiger partial charge in [0.25, 0.3) is 5.91 Å². The summed E-state index contributed by atoms with van der Waals surface area (Å²) < 4.78 is 79.8. The van der Waals surface area contributed by atoms with Crippen molar-refractivity contribution in [1.29, 1.82) is 0 Å². The van der Waals surface area contributed by atoms with Gasteiger partial charge in [-0.15, -0.1) is 5.10 Å². The summed E-state index contributed by atoms with van der Waals surface area (Å²) in [7, 11) is -3.54. The molecule has 0 bridgehead atoms. The number of nitrogens with zero attached hydrogens (tertiary/aromatic N) is 4. The van der Waals surface area contributed by atoms with Crippen LogP contribution in [0.2, 0.25) is 0 Å². The second kappa shape index (κ2) is 7.71. The molecular weight excluding hydrogens is 418 g/mol. The van der Waals surface area contributed by atoms with Crippen LogP contribution in [0.25, 0.3) is 5.69 Å². The molecule has 8 nitrogen and oxygen atoms in total. The SMILES string of the molecule is CS(=O)(=O)NC1CCCN(C(=O)c2nnn(-c3ccc(F)cc3)c2C(F)(F)F)C1. The fourth-order valence-corrected chi connectivity index (χ4v) is 3.95. The van der Waals surface area contributed by atoms with Gasteiger partial charge in [-0.3, -0.25) is 4.79 Å². The minimum Gasteiger partial charge on any atom is -0.336 e. The summed E-state index contributed by atoms with van der Waals surface area (Å²) in [5.41, 5.74) is -2.39. The lowest BCUT2D eigenvalue weighted by atomic mass is 10.1. The zero-order valence-corrected chi connectivity index (χ0v) is 16.0. The second-order valence-corrected chi connectivity index (χ2v) is 8.43. The van der Waals surface area contributed by atoms with Crippen molar-refractivity contribution in [2.75, 3.05) is 19.3 Å². The topological polar surface area (TPSA) is 97.2 Å². The number of sulfonamides is 1. The average molecular weight is 435 g/mol. The first-order chi connectivity index (χ1) is 13.5. The monoisotopic (exact) mass is 435 g/mol. The van der Waals surface area contributed by atoms with Crippen LogP contribution in [0.3, 0.4) is 0 Å². The molecule has 1 aliphatic rings. The van der Waals surface area contributed by atoms with Gasteiger partial charge < -0.3 is 4.90 Å². The molecule has 29 heavy (non-hydrogen) atoms. The van der Waals surface area contributed by atoms with Gasteiger partial charge in [0.15, 0.2) is 11.4 Å². The summed E-state index contributed by atoms with van der Waals surface area (Å²) >= 11 is 0. The zero-order chi connectivity index (χ0) is 21.4. The lowest BCUT2D eigenvalue weighted by Crippen LogP contribution is -2.49. The Morgan fingerprint density at radius 3 is 2.48 bits per heavy atom. The Balaban J connectivity index is 1.94. The highest BCUT2D eigenvalue weighted by atomic mass is 32.2. The minimum atomic E-state index is -4.96. The Morgan fingerprint density at radius 1 is 1.24 bits per heavy atom. The highest BCUT2D eigenvalue weighted by molar-refractivity contribution is 7.88. The number of hydrogen-bond acceptors (Lipinski definition) is 5. The first kappa shape index (κ1) is 21.2. The van der Waals surface area contributed by atoms with Crippen LogP contribution in [0.1, 0.15) is 29.0 Å². The van der Waals surface area contributed by atoms with Gasteiger partial charge in [-0.2, -0.15) is 13.2 Å². The molecule has 1 unspecified atom stereocenters. The van der Waals surface area contributed by atoms with Crippen molar-refractivity contribution in [3.8, 4) is 5.69 Å². The Morgan fingerprint density at radius 2 is 1.90 bits per heavy atom. The molecule has 13 heteroatoms. The third-order valence-corrected chi connectivity index (χ3v) is 5.06. The molecule has 2 aromatic rings. The number of amides is 1. The molecule has 2 heterocycles. The van der Waals surface area contributed by atoms with Crippen LogP contribution in [0.5, 0.6) is 0 Å². The van der Waals surface area contributed by atoms with Crippen molar-refractivity contribution in [1.82, 2.24) is 24.6 Å². The van der Waals surface area contributed by atoms with Crippen molar-refractivity contribution in [2.45, 2.75) is 25.1 Å². The fourth-order valence-electron chi connectivity index (χ4n) is 3.15. The molecule has 1 aromatic heterocycles. The molecule has 1 amide bonds. The summed E-state index contributed by atoms with van der Waals surface area (Å²) in [6.45, 7) is 0.0636. The zero-order valence-electron chi connectivity index (χ0n) is 15.1. The van der Waals surface area contributed by atoms with Gasteiger partial charge in [-0.05, 0) is 37.1 Å². The van der Waals surface area contributed by atoms with Crippen molar-refractivity contribution < 1.29 is 30.8 Å². The van der Waals surface area contributed by atoms with E-state index in [0.717, 1.165) is 35.4 Å². The standard InChI is InChI=1S/C16H17F4N5O3S/c1-29(27,28)22-11-3-2-8-24(9-11)15(26)13-14(16(18,19)20)25(23-21-13)12-6-4-10(17)5-7-12/h4-7,11,22H,2-3,8-9H2,1H3. The van der Waals surface area contributed by atoms with E-state index in [9.17, 15) is 30.8 Å². The molecule has 1 saturated heterocycles. The third kappa shape index (κ3) is 4.90. The Labute approximate surface area is 163 Å². The number of carbonyl (C=O) groups is 1. The van der Waals surface area contributed by atoms with Gasteiger partial charge >= 0.3 is 6.18 Å². The quantitative estimate of drug-likeness (QED) is 0.736. The Bertz CT molecular complexity index is 1000. The largest absolute Gasteiger partial charge is 0.435 e. The normalized spacial score (nSPS) is 18.1. The maximum absolute atomic E-state index is 13.7. The lowest BCUT2D eigenvalue weighted by molar-refractivity contribution is -0.143. The van der Waals surface area contributed by atoms with Crippen molar-refractivity contribution in [3.63, 3.8) is 0 Å².